The first-order chi connectivity index (χ1) is 6.07. The van der Waals surface area contributed by atoms with E-state index in [4.69, 9.17) is 14.2 Å². The predicted octanol–water partition coefficient (Wildman–Crippen LogP) is 1.48. The first-order valence-corrected chi connectivity index (χ1v) is 4.67. The second kappa shape index (κ2) is 3.08. The third-order valence-electron chi connectivity index (χ3n) is 2.44. The molecule has 0 aromatic carbocycles. The molecule has 0 radical (unpaired) electrons. The van der Waals surface area contributed by atoms with Crippen LogP contribution in [0.2, 0.25) is 0 Å². The van der Waals surface area contributed by atoms with Crippen molar-refractivity contribution < 1.29 is 14.2 Å². The zero-order valence-electron chi connectivity index (χ0n) is 8.21. The van der Waals surface area contributed by atoms with Crippen molar-refractivity contribution in [2.75, 3.05) is 13.2 Å². The van der Waals surface area contributed by atoms with E-state index in [1.165, 1.54) is 0 Å². The molecular formula is C10H16O3. The molecule has 2 aliphatic heterocycles. The van der Waals surface area contributed by atoms with Crippen molar-refractivity contribution in [3.05, 3.63) is 12.2 Å². The van der Waals surface area contributed by atoms with E-state index in [0.717, 1.165) is 12.0 Å². The summed E-state index contributed by atoms with van der Waals surface area (Å²) in [5.74, 6) is -0.446. The Morgan fingerprint density at radius 1 is 1.38 bits per heavy atom. The lowest BCUT2D eigenvalue weighted by atomic mass is 10.1. The van der Waals surface area contributed by atoms with Crippen LogP contribution in [0.4, 0.5) is 0 Å². The summed E-state index contributed by atoms with van der Waals surface area (Å²) in [6, 6.07) is 0. The summed E-state index contributed by atoms with van der Waals surface area (Å²) in [5, 5.41) is 0. The van der Waals surface area contributed by atoms with Crippen molar-refractivity contribution in [3.63, 3.8) is 0 Å². The molecule has 0 spiro atoms. The van der Waals surface area contributed by atoms with Gasteiger partial charge in [0.15, 0.2) is 5.79 Å². The van der Waals surface area contributed by atoms with Crippen LogP contribution in [0.5, 0.6) is 0 Å². The topological polar surface area (TPSA) is 27.7 Å². The maximum atomic E-state index is 5.69. The van der Waals surface area contributed by atoms with Gasteiger partial charge in [0, 0.05) is 0 Å². The maximum absolute atomic E-state index is 5.69. The van der Waals surface area contributed by atoms with Gasteiger partial charge in [0.05, 0.1) is 19.3 Å². The average molecular weight is 184 g/mol. The fraction of sp³-hybridized carbons (Fsp3) is 0.800. The van der Waals surface area contributed by atoms with Gasteiger partial charge in [-0.3, -0.25) is 0 Å². The van der Waals surface area contributed by atoms with Gasteiger partial charge < -0.3 is 14.2 Å². The van der Waals surface area contributed by atoms with Gasteiger partial charge in [0.25, 0.3) is 0 Å². The SMILES string of the molecule is C=C1CO[C@H]([C@H]2COC(C)(C)O2)C1. The second-order valence-electron chi connectivity index (χ2n) is 4.17. The largest absolute Gasteiger partial charge is 0.371 e. The summed E-state index contributed by atoms with van der Waals surface area (Å²) < 4.78 is 16.7. The minimum atomic E-state index is -0.446. The molecule has 74 valence electrons. The van der Waals surface area contributed by atoms with E-state index in [-0.39, 0.29) is 12.2 Å². The molecule has 0 saturated carbocycles. The Morgan fingerprint density at radius 3 is 2.62 bits per heavy atom. The summed E-state index contributed by atoms with van der Waals surface area (Å²) >= 11 is 0. The van der Waals surface area contributed by atoms with Crippen LogP contribution in [-0.2, 0) is 14.2 Å². The van der Waals surface area contributed by atoms with Crippen molar-refractivity contribution in [3.8, 4) is 0 Å². The zero-order valence-corrected chi connectivity index (χ0v) is 8.21. The molecule has 2 aliphatic rings. The lowest BCUT2D eigenvalue weighted by Gasteiger charge is -2.19. The summed E-state index contributed by atoms with van der Waals surface area (Å²) in [6.45, 7) is 9.05. The molecule has 0 aromatic rings. The van der Waals surface area contributed by atoms with Crippen LogP contribution in [0.15, 0.2) is 12.2 Å². The van der Waals surface area contributed by atoms with Gasteiger partial charge in [-0.05, 0) is 25.8 Å². The third kappa shape index (κ3) is 1.93. The van der Waals surface area contributed by atoms with Gasteiger partial charge >= 0.3 is 0 Å². The van der Waals surface area contributed by atoms with Crippen LogP contribution < -0.4 is 0 Å². The molecule has 0 aliphatic carbocycles. The molecule has 2 fully saturated rings. The Balaban J connectivity index is 1.93. The summed E-state index contributed by atoms with van der Waals surface area (Å²) in [4.78, 5) is 0. The third-order valence-corrected chi connectivity index (χ3v) is 2.44. The van der Waals surface area contributed by atoms with E-state index in [1.807, 2.05) is 13.8 Å². The molecule has 3 nitrogen and oxygen atoms in total. The number of hydrogen-bond donors (Lipinski definition) is 0. The van der Waals surface area contributed by atoms with Gasteiger partial charge in [-0.2, -0.15) is 0 Å². The highest BCUT2D eigenvalue weighted by Crippen LogP contribution is 2.30. The van der Waals surface area contributed by atoms with Gasteiger partial charge in [-0.25, -0.2) is 0 Å². The molecule has 0 unspecified atom stereocenters. The predicted molar refractivity (Wildman–Crippen MR) is 48.4 cm³/mol. The monoisotopic (exact) mass is 184 g/mol. The molecule has 2 heterocycles. The zero-order chi connectivity index (χ0) is 9.47. The van der Waals surface area contributed by atoms with Crippen molar-refractivity contribution >= 4 is 0 Å². The van der Waals surface area contributed by atoms with Gasteiger partial charge in [-0.1, -0.05) is 6.58 Å². The van der Waals surface area contributed by atoms with Crippen LogP contribution in [0.3, 0.4) is 0 Å². The standard InChI is InChI=1S/C10H16O3/c1-7-4-8(11-5-7)9-6-12-10(2,3)13-9/h8-9H,1,4-6H2,2-3H3/t8-,9+/m0/s1. The van der Waals surface area contributed by atoms with Crippen LogP contribution >= 0.6 is 0 Å². The summed E-state index contributed by atoms with van der Waals surface area (Å²) in [6.07, 6.45) is 1.13. The molecule has 0 aromatic heterocycles. The number of hydrogen-bond acceptors (Lipinski definition) is 3. The van der Waals surface area contributed by atoms with E-state index in [2.05, 4.69) is 6.58 Å². The Hall–Kier alpha value is -0.380. The second-order valence-corrected chi connectivity index (χ2v) is 4.17. The summed E-state index contributed by atoms with van der Waals surface area (Å²) in [5.41, 5.74) is 1.15. The first-order valence-electron chi connectivity index (χ1n) is 4.67. The van der Waals surface area contributed by atoms with Gasteiger partial charge in [-0.15, -0.1) is 0 Å². The van der Waals surface area contributed by atoms with Crippen molar-refractivity contribution in [2.45, 2.75) is 38.3 Å². The Bertz CT molecular complexity index is 222. The maximum Gasteiger partial charge on any atom is 0.163 e. The Kier molecular flexibility index (Phi) is 2.18. The lowest BCUT2D eigenvalue weighted by molar-refractivity contribution is -0.151. The molecule has 2 atom stereocenters. The normalized spacial score (nSPS) is 38.5. The molecular weight excluding hydrogens is 168 g/mol. The van der Waals surface area contributed by atoms with Crippen LogP contribution in [-0.4, -0.2) is 31.2 Å². The molecule has 3 heteroatoms. The van der Waals surface area contributed by atoms with Crippen molar-refractivity contribution in [1.82, 2.24) is 0 Å². The quantitative estimate of drug-likeness (QED) is 0.578. The van der Waals surface area contributed by atoms with Crippen LogP contribution in [0.25, 0.3) is 0 Å². The van der Waals surface area contributed by atoms with E-state index < -0.39 is 5.79 Å². The molecule has 2 saturated heterocycles. The molecule has 0 amide bonds. The van der Waals surface area contributed by atoms with Crippen molar-refractivity contribution in [2.24, 2.45) is 0 Å². The van der Waals surface area contributed by atoms with E-state index in [1.54, 1.807) is 0 Å². The lowest BCUT2D eigenvalue weighted by Crippen LogP contribution is -2.30. The van der Waals surface area contributed by atoms with Gasteiger partial charge in [0.1, 0.15) is 6.10 Å². The minimum Gasteiger partial charge on any atom is -0.371 e. The molecule has 2 rings (SSSR count). The minimum absolute atomic E-state index is 0.0780. The molecule has 0 bridgehead atoms. The highest BCUT2D eigenvalue weighted by molar-refractivity contribution is 5.04. The molecule has 0 N–H and O–H groups in total. The number of ether oxygens (including phenoxy) is 3. The number of rotatable bonds is 1. The average Bonchev–Trinajstić information content (AvgIpc) is 2.56. The fourth-order valence-electron chi connectivity index (χ4n) is 1.76. The fourth-order valence-corrected chi connectivity index (χ4v) is 1.76. The van der Waals surface area contributed by atoms with Gasteiger partial charge in [0.2, 0.25) is 0 Å². The Labute approximate surface area is 78.7 Å². The first kappa shape index (κ1) is 9.19. The van der Waals surface area contributed by atoms with E-state index >= 15 is 0 Å². The van der Waals surface area contributed by atoms with Crippen LogP contribution in [0.1, 0.15) is 20.3 Å². The van der Waals surface area contributed by atoms with Crippen LogP contribution in [0, 0.1) is 0 Å². The highest BCUT2D eigenvalue weighted by Gasteiger charge is 2.39. The highest BCUT2D eigenvalue weighted by atomic mass is 16.7. The summed E-state index contributed by atoms with van der Waals surface area (Å²) in [7, 11) is 0. The van der Waals surface area contributed by atoms with E-state index in [0.29, 0.717) is 13.2 Å². The molecule has 13 heavy (non-hydrogen) atoms. The van der Waals surface area contributed by atoms with E-state index in [9.17, 15) is 0 Å². The smallest absolute Gasteiger partial charge is 0.163 e. The van der Waals surface area contributed by atoms with Crippen molar-refractivity contribution in [1.29, 1.82) is 0 Å². The Morgan fingerprint density at radius 2 is 2.15 bits per heavy atom.